The number of hydrogen-bond donors (Lipinski definition) is 3. The van der Waals surface area contributed by atoms with Crippen molar-refractivity contribution in [3.05, 3.63) is 88.0 Å². The summed E-state index contributed by atoms with van der Waals surface area (Å²) in [5, 5.41) is 22.2. The minimum Gasteiger partial charge on any atom is -0.507 e. The van der Waals surface area contributed by atoms with E-state index >= 15 is 0 Å². The molecule has 2 aromatic carbocycles. The molecule has 0 aliphatic carbocycles. The Morgan fingerprint density at radius 1 is 1.09 bits per heavy atom. The summed E-state index contributed by atoms with van der Waals surface area (Å²) in [6.45, 7) is 4.93. The van der Waals surface area contributed by atoms with Gasteiger partial charge in [0.1, 0.15) is 23.2 Å². The zero-order valence-corrected chi connectivity index (χ0v) is 24.5. The summed E-state index contributed by atoms with van der Waals surface area (Å²) in [4.78, 5) is 41.8. The predicted molar refractivity (Wildman–Crippen MR) is 157 cm³/mol. The molecule has 2 aromatic heterocycles. The van der Waals surface area contributed by atoms with E-state index in [1.165, 1.54) is 19.2 Å². The largest absolute Gasteiger partial charge is 0.507 e. The van der Waals surface area contributed by atoms with Gasteiger partial charge >= 0.3 is 11.7 Å². The predicted octanol–water partition coefficient (Wildman–Crippen LogP) is 3.65. The van der Waals surface area contributed by atoms with Crippen LogP contribution in [0.15, 0.2) is 70.1 Å². The number of fused-ring (bicyclic) bond motifs is 1. The molecule has 12 nitrogen and oxygen atoms in total. The first-order valence-electron chi connectivity index (χ1n) is 13.7. The molecule has 0 spiro atoms. The highest BCUT2D eigenvalue weighted by atomic mass is 16.7. The SMILES string of the molecule is CO[C@@H]1[C@@H](OC(N)=O)[C@@H](O)[C@H](Oc2ccc3c(O)c(CC(=O)c4cccc(-c5ccncc5)c4)c(=O)oc3c2C)OC1(C)C. The second kappa shape index (κ2) is 12.1. The van der Waals surface area contributed by atoms with Crippen LogP contribution in [-0.2, 0) is 20.6 Å². The quantitative estimate of drug-likeness (QED) is 0.197. The van der Waals surface area contributed by atoms with Crippen molar-refractivity contribution in [2.45, 2.75) is 57.4 Å². The number of benzene rings is 2. The van der Waals surface area contributed by atoms with Gasteiger partial charge in [-0.3, -0.25) is 9.78 Å². The summed E-state index contributed by atoms with van der Waals surface area (Å²) in [5.41, 5.74) is 5.43. The average Bonchev–Trinajstić information content (AvgIpc) is 2.99. The molecular formula is C32H32N2O10. The molecule has 44 heavy (non-hydrogen) atoms. The summed E-state index contributed by atoms with van der Waals surface area (Å²) < 4.78 is 28.0. The van der Waals surface area contributed by atoms with Crippen LogP contribution in [0.3, 0.4) is 0 Å². The second-order valence-electron chi connectivity index (χ2n) is 11.0. The lowest BCUT2D eigenvalue weighted by Crippen LogP contribution is -2.65. The topological polar surface area (TPSA) is 181 Å². The van der Waals surface area contributed by atoms with E-state index in [0.29, 0.717) is 11.1 Å². The van der Waals surface area contributed by atoms with Gasteiger partial charge in [0.05, 0.1) is 16.6 Å². The molecule has 4 N–H and O–H groups in total. The number of ketones is 1. The molecule has 12 heteroatoms. The molecule has 0 unspecified atom stereocenters. The highest BCUT2D eigenvalue weighted by molar-refractivity contribution is 5.99. The third kappa shape index (κ3) is 5.87. The monoisotopic (exact) mass is 604 g/mol. The summed E-state index contributed by atoms with van der Waals surface area (Å²) >= 11 is 0. The van der Waals surface area contributed by atoms with Crippen LogP contribution in [0, 0.1) is 6.92 Å². The average molecular weight is 605 g/mol. The van der Waals surface area contributed by atoms with Gasteiger partial charge in [-0.25, -0.2) is 9.59 Å². The Morgan fingerprint density at radius 3 is 2.50 bits per heavy atom. The number of carbonyl (C=O) groups excluding carboxylic acids is 2. The van der Waals surface area contributed by atoms with Crippen LogP contribution >= 0.6 is 0 Å². The van der Waals surface area contributed by atoms with Crippen LogP contribution < -0.4 is 16.1 Å². The van der Waals surface area contributed by atoms with Crippen LogP contribution in [-0.4, -0.2) is 64.4 Å². The Labute approximate surface area is 251 Å². The van der Waals surface area contributed by atoms with Gasteiger partial charge < -0.3 is 39.3 Å². The lowest BCUT2D eigenvalue weighted by molar-refractivity contribution is -0.304. The van der Waals surface area contributed by atoms with Gasteiger partial charge in [-0.1, -0.05) is 18.2 Å². The number of rotatable bonds is 8. The number of ether oxygens (including phenoxy) is 4. The van der Waals surface area contributed by atoms with E-state index in [0.717, 1.165) is 11.1 Å². The number of aromatic hydroxyl groups is 1. The van der Waals surface area contributed by atoms with Gasteiger partial charge in [-0.15, -0.1) is 0 Å². The lowest BCUT2D eigenvalue weighted by atomic mass is 9.89. The first-order valence-corrected chi connectivity index (χ1v) is 13.7. The molecule has 1 aliphatic heterocycles. The van der Waals surface area contributed by atoms with Gasteiger partial charge in [-0.2, -0.15) is 0 Å². The van der Waals surface area contributed by atoms with Crippen LogP contribution in [0.5, 0.6) is 11.5 Å². The van der Waals surface area contributed by atoms with E-state index in [9.17, 15) is 24.6 Å². The zero-order valence-electron chi connectivity index (χ0n) is 24.5. The first kappa shape index (κ1) is 30.7. The van der Waals surface area contributed by atoms with E-state index in [4.69, 9.17) is 29.1 Å². The summed E-state index contributed by atoms with van der Waals surface area (Å²) in [7, 11) is 1.38. The Hall–Kier alpha value is -4.78. The van der Waals surface area contributed by atoms with Crippen LogP contribution in [0.25, 0.3) is 22.1 Å². The molecule has 1 fully saturated rings. The number of hydrogen-bond acceptors (Lipinski definition) is 11. The third-order valence-electron chi connectivity index (χ3n) is 7.64. The Kier molecular flexibility index (Phi) is 8.42. The third-order valence-corrected chi connectivity index (χ3v) is 7.64. The van der Waals surface area contributed by atoms with Gasteiger partial charge in [0, 0.05) is 37.1 Å². The van der Waals surface area contributed by atoms with E-state index in [2.05, 4.69) is 4.98 Å². The first-order chi connectivity index (χ1) is 20.9. The van der Waals surface area contributed by atoms with Crippen molar-refractivity contribution in [3.8, 4) is 22.6 Å². The maximum Gasteiger partial charge on any atom is 0.404 e. The Bertz CT molecular complexity index is 1770. The zero-order chi connectivity index (χ0) is 31.8. The molecule has 4 atom stereocenters. The summed E-state index contributed by atoms with van der Waals surface area (Å²) in [6.07, 6.45) is -3.10. The van der Waals surface area contributed by atoms with Crippen molar-refractivity contribution in [3.63, 3.8) is 0 Å². The molecule has 1 saturated heterocycles. The Balaban J connectivity index is 1.42. The number of Topliss-reactive ketones (excluding diaryl/α,β-unsaturated/α-hetero) is 1. The van der Waals surface area contributed by atoms with Crippen molar-refractivity contribution < 1.29 is 43.2 Å². The van der Waals surface area contributed by atoms with Crippen molar-refractivity contribution in [2.75, 3.05) is 7.11 Å². The summed E-state index contributed by atoms with van der Waals surface area (Å²) in [5.74, 6) is -0.615. The summed E-state index contributed by atoms with van der Waals surface area (Å²) in [6, 6.07) is 13.5. The van der Waals surface area contributed by atoms with Gasteiger partial charge in [0.2, 0.25) is 6.29 Å². The molecule has 4 aromatic rings. The number of pyridine rings is 1. The molecule has 0 bridgehead atoms. The molecule has 5 rings (SSSR count). The lowest BCUT2D eigenvalue weighted by Gasteiger charge is -2.47. The number of aliphatic hydroxyl groups excluding tert-OH is 1. The van der Waals surface area contributed by atoms with E-state index in [1.807, 2.05) is 18.2 Å². The van der Waals surface area contributed by atoms with Gasteiger partial charge in [0.15, 0.2) is 18.0 Å². The molecule has 230 valence electrons. The number of methoxy groups -OCH3 is 1. The Morgan fingerprint density at radius 2 is 1.82 bits per heavy atom. The normalized spacial score (nSPS) is 21.1. The second-order valence-corrected chi connectivity index (χ2v) is 11.0. The number of aromatic nitrogens is 1. The van der Waals surface area contributed by atoms with Crippen molar-refractivity contribution in [1.82, 2.24) is 4.98 Å². The molecule has 1 amide bonds. The number of aryl methyl sites for hydroxylation is 1. The maximum absolute atomic E-state index is 13.2. The molecular weight excluding hydrogens is 572 g/mol. The van der Waals surface area contributed by atoms with E-state index in [-0.39, 0.29) is 34.5 Å². The highest BCUT2D eigenvalue weighted by Crippen LogP contribution is 2.38. The number of nitrogens with zero attached hydrogens (tertiary/aromatic N) is 1. The van der Waals surface area contributed by atoms with Crippen LogP contribution in [0.4, 0.5) is 4.79 Å². The van der Waals surface area contributed by atoms with E-state index < -0.39 is 47.7 Å². The number of primary amides is 1. The van der Waals surface area contributed by atoms with Crippen LogP contribution in [0.1, 0.15) is 35.3 Å². The minimum atomic E-state index is -1.50. The molecule has 3 heterocycles. The fourth-order valence-electron chi connectivity index (χ4n) is 5.44. The van der Waals surface area contributed by atoms with Crippen LogP contribution in [0.2, 0.25) is 0 Å². The van der Waals surface area contributed by atoms with Crippen molar-refractivity contribution in [1.29, 1.82) is 0 Å². The van der Waals surface area contributed by atoms with Crippen molar-refractivity contribution >= 4 is 22.8 Å². The highest BCUT2D eigenvalue weighted by Gasteiger charge is 2.53. The van der Waals surface area contributed by atoms with Crippen molar-refractivity contribution in [2.24, 2.45) is 5.73 Å². The van der Waals surface area contributed by atoms with Gasteiger partial charge in [0.25, 0.3) is 0 Å². The molecule has 1 aliphatic rings. The fourth-order valence-corrected chi connectivity index (χ4v) is 5.44. The number of amides is 1. The minimum absolute atomic E-state index is 0.0187. The maximum atomic E-state index is 13.2. The fraction of sp³-hybridized carbons (Fsp3) is 0.312. The standard InChI is InChI=1S/C32H32N2O10/c1-16-23(41-30-25(37)27(43-31(33)39)28(40-4)32(2,3)44-30)9-8-20-24(36)21(29(38)42-26(16)20)15-22(35)19-7-5-6-18(14-19)17-10-12-34-13-11-17/h5-14,25,27-28,30,36-37H,15H2,1-4H3,(H2,33,39)/t25-,27+,28-,30-/m1/s1. The van der Waals surface area contributed by atoms with Gasteiger partial charge in [-0.05, 0) is 62.2 Å². The number of nitrogens with two attached hydrogens (primary N) is 1. The number of carbonyl (C=O) groups is 2. The molecule has 0 radical (unpaired) electrons. The number of aliphatic hydroxyl groups is 1. The smallest absolute Gasteiger partial charge is 0.404 e. The van der Waals surface area contributed by atoms with E-state index in [1.54, 1.807) is 51.4 Å². The molecule has 0 saturated carbocycles.